The van der Waals surface area contributed by atoms with Crippen molar-refractivity contribution in [2.75, 3.05) is 19.0 Å². The van der Waals surface area contributed by atoms with E-state index in [1.54, 1.807) is 0 Å². The van der Waals surface area contributed by atoms with Gasteiger partial charge in [0.25, 0.3) is 0 Å². The fourth-order valence-electron chi connectivity index (χ4n) is 1.79. The van der Waals surface area contributed by atoms with Crippen LogP contribution in [0, 0.1) is 0 Å². The molecule has 1 aromatic heterocycles. The fourth-order valence-corrected chi connectivity index (χ4v) is 1.94. The van der Waals surface area contributed by atoms with Crippen LogP contribution < -0.4 is 15.8 Å². The van der Waals surface area contributed by atoms with Gasteiger partial charge in [-0.25, -0.2) is 4.98 Å². The smallest absolute Gasteiger partial charge is 0.318 e. The predicted molar refractivity (Wildman–Crippen MR) is 80.1 cm³/mol. The summed E-state index contributed by atoms with van der Waals surface area (Å²) in [6.45, 7) is 0.663. The van der Waals surface area contributed by atoms with Crippen LogP contribution in [-0.2, 0) is 0 Å². The van der Waals surface area contributed by atoms with E-state index in [0.717, 1.165) is 12.0 Å². The van der Waals surface area contributed by atoms with E-state index in [1.807, 2.05) is 30.3 Å². The number of hydrogen-bond donors (Lipinski definition) is 2. The molecular weight excluding hydrogens is 276 g/mol. The summed E-state index contributed by atoms with van der Waals surface area (Å²) in [4.78, 5) is 8.06. The van der Waals surface area contributed by atoms with E-state index < -0.39 is 0 Å². The molecule has 0 saturated heterocycles. The molecule has 0 saturated carbocycles. The highest BCUT2D eigenvalue weighted by Crippen LogP contribution is 2.21. The molecule has 0 aliphatic rings. The molecule has 20 heavy (non-hydrogen) atoms. The number of rotatable bonds is 6. The van der Waals surface area contributed by atoms with Gasteiger partial charge in [-0.1, -0.05) is 41.9 Å². The molecule has 0 amide bonds. The molecule has 2 rings (SSSR count). The molecule has 1 heterocycles. The third-order valence-electron chi connectivity index (χ3n) is 2.88. The Hall–Kier alpha value is -1.85. The summed E-state index contributed by atoms with van der Waals surface area (Å²) in [6.07, 6.45) is 2.28. The van der Waals surface area contributed by atoms with E-state index in [-0.39, 0.29) is 12.1 Å². The van der Waals surface area contributed by atoms with Crippen molar-refractivity contribution in [3.8, 4) is 6.01 Å². The predicted octanol–water partition coefficient (Wildman–Crippen LogP) is 2.64. The Morgan fingerprint density at radius 3 is 2.80 bits per heavy atom. The normalized spacial score (nSPS) is 11.9. The van der Waals surface area contributed by atoms with Crippen molar-refractivity contribution in [3.05, 3.63) is 47.1 Å². The zero-order chi connectivity index (χ0) is 14.4. The first kappa shape index (κ1) is 14.6. The Kier molecular flexibility index (Phi) is 5.15. The highest BCUT2D eigenvalue weighted by Gasteiger charge is 2.08. The molecule has 0 bridgehead atoms. The molecule has 1 unspecified atom stereocenters. The number of nitrogens with two attached hydrogens (primary N) is 1. The molecule has 0 fully saturated rings. The second-order valence-electron chi connectivity index (χ2n) is 4.29. The summed E-state index contributed by atoms with van der Waals surface area (Å²) in [5.41, 5.74) is 7.23. The Labute approximate surface area is 123 Å². The van der Waals surface area contributed by atoms with Gasteiger partial charge in [-0.3, -0.25) is 0 Å². The molecule has 1 atom stereocenters. The molecule has 0 radical (unpaired) electrons. The van der Waals surface area contributed by atoms with E-state index in [1.165, 1.54) is 13.3 Å². The second kappa shape index (κ2) is 7.07. The van der Waals surface area contributed by atoms with E-state index >= 15 is 0 Å². The van der Waals surface area contributed by atoms with Gasteiger partial charge in [-0.05, 0) is 12.0 Å². The summed E-state index contributed by atoms with van der Waals surface area (Å²) in [6, 6.07) is 10.2. The molecule has 3 N–H and O–H groups in total. The molecule has 2 aromatic rings. The Morgan fingerprint density at radius 2 is 2.10 bits per heavy atom. The topological polar surface area (TPSA) is 73.1 Å². The van der Waals surface area contributed by atoms with E-state index in [9.17, 15) is 0 Å². The molecule has 106 valence electrons. The molecule has 0 aliphatic heterocycles. The van der Waals surface area contributed by atoms with Gasteiger partial charge in [0.15, 0.2) is 5.82 Å². The molecule has 5 nitrogen and oxygen atoms in total. The minimum absolute atomic E-state index is 0.0220. The fraction of sp³-hybridized carbons (Fsp3) is 0.286. The average Bonchev–Trinajstić information content (AvgIpc) is 2.50. The van der Waals surface area contributed by atoms with Crippen molar-refractivity contribution >= 4 is 17.4 Å². The van der Waals surface area contributed by atoms with Gasteiger partial charge in [0.05, 0.1) is 13.3 Å². The number of methoxy groups -OCH3 is 1. The summed E-state index contributed by atoms with van der Waals surface area (Å²) in [5, 5.41) is 3.60. The molecule has 6 heteroatoms. The Morgan fingerprint density at radius 1 is 1.35 bits per heavy atom. The first-order valence-corrected chi connectivity index (χ1v) is 6.69. The number of benzene rings is 1. The van der Waals surface area contributed by atoms with Gasteiger partial charge < -0.3 is 15.8 Å². The van der Waals surface area contributed by atoms with Gasteiger partial charge in [-0.15, -0.1) is 0 Å². The maximum absolute atomic E-state index is 6.12. The van der Waals surface area contributed by atoms with Crippen LogP contribution in [0.4, 0.5) is 5.82 Å². The molecule has 0 spiro atoms. The van der Waals surface area contributed by atoms with Gasteiger partial charge in [-0.2, -0.15) is 4.98 Å². The SMILES string of the molecule is COc1ncc(Cl)c(NCCC(N)c2ccccc2)n1. The lowest BCUT2D eigenvalue weighted by molar-refractivity contribution is 0.380. The lowest BCUT2D eigenvalue weighted by atomic mass is 10.1. The van der Waals surface area contributed by atoms with Crippen LogP contribution >= 0.6 is 11.6 Å². The van der Waals surface area contributed by atoms with Gasteiger partial charge in [0.1, 0.15) is 5.02 Å². The van der Waals surface area contributed by atoms with Crippen molar-refractivity contribution in [3.63, 3.8) is 0 Å². The van der Waals surface area contributed by atoms with Crippen LogP contribution in [0.5, 0.6) is 6.01 Å². The van der Waals surface area contributed by atoms with Crippen molar-refractivity contribution in [2.45, 2.75) is 12.5 Å². The molecular formula is C14H17ClN4O. The molecule has 0 aliphatic carbocycles. The van der Waals surface area contributed by atoms with Crippen LogP contribution in [0.25, 0.3) is 0 Å². The Bertz CT molecular complexity index is 550. The minimum atomic E-state index is -0.0220. The quantitative estimate of drug-likeness (QED) is 0.856. The number of ether oxygens (including phenoxy) is 1. The maximum Gasteiger partial charge on any atom is 0.318 e. The second-order valence-corrected chi connectivity index (χ2v) is 4.69. The lowest BCUT2D eigenvalue weighted by Gasteiger charge is -2.13. The minimum Gasteiger partial charge on any atom is -0.467 e. The van der Waals surface area contributed by atoms with E-state index in [2.05, 4.69) is 15.3 Å². The lowest BCUT2D eigenvalue weighted by Crippen LogP contribution is -2.16. The number of hydrogen-bond acceptors (Lipinski definition) is 5. The third-order valence-corrected chi connectivity index (χ3v) is 3.16. The van der Waals surface area contributed by atoms with Crippen molar-refractivity contribution in [2.24, 2.45) is 5.73 Å². The number of halogens is 1. The van der Waals surface area contributed by atoms with Crippen LogP contribution in [-0.4, -0.2) is 23.6 Å². The van der Waals surface area contributed by atoms with E-state index in [4.69, 9.17) is 22.1 Å². The highest BCUT2D eigenvalue weighted by atomic mass is 35.5. The summed E-state index contributed by atoms with van der Waals surface area (Å²) < 4.78 is 4.96. The van der Waals surface area contributed by atoms with Gasteiger partial charge >= 0.3 is 6.01 Å². The van der Waals surface area contributed by atoms with Crippen LogP contribution in [0.15, 0.2) is 36.5 Å². The standard InChI is InChI=1S/C14H17ClN4O/c1-20-14-18-9-11(15)13(19-14)17-8-7-12(16)10-5-3-2-4-6-10/h2-6,9,12H,7-8,16H2,1H3,(H,17,18,19). The third kappa shape index (κ3) is 3.82. The van der Waals surface area contributed by atoms with Crippen LogP contribution in [0.3, 0.4) is 0 Å². The number of aromatic nitrogens is 2. The number of nitrogens with zero attached hydrogens (tertiary/aromatic N) is 2. The number of anilines is 1. The van der Waals surface area contributed by atoms with Gasteiger partial charge in [0.2, 0.25) is 0 Å². The highest BCUT2D eigenvalue weighted by molar-refractivity contribution is 6.32. The van der Waals surface area contributed by atoms with Gasteiger partial charge in [0, 0.05) is 12.6 Å². The van der Waals surface area contributed by atoms with Crippen molar-refractivity contribution in [1.82, 2.24) is 9.97 Å². The first-order chi connectivity index (χ1) is 9.70. The first-order valence-electron chi connectivity index (χ1n) is 6.31. The van der Waals surface area contributed by atoms with Crippen LogP contribution in [0.2, 0.25) is 5.02 Å². The van der Waals surface area contributed by atoms with Crippen molar-refractivity contribution < 1.29 is 4.74 Å². The zero-order valence-corrected chi connectivity index (χ0v) is 12.0. The van der Waals surface area contributed by atoms with Crippen LogP contribution in [0.1, 0.15) is 18.0 Å². The van der Waals surface area contributed by atoms with Crippen molar-refractivity contribution in [1.29, 1.82) is 0 Å². The Balaban J connectivity index is 1.90. The maximum atomic E-state index is 6.12. The number of nitrogens with one attached hydrogen (secondary N) is 1. The largest absolute Gasteiger partial charge is 0.467 e. The van der Waals surface area contributed by atoms with E-state index in [0.29, 0.717) is 17.4 Å². The summed E-state index contributed by atoms with van der Waals surface area (Å²) in [5.74, 6) is 0.554. The zero-order valence-electron chi connectivity index (χ0n) is 11.2. The molecule has 1 aromatic carbocycles. The summed E-state index contributed by atoms with van der Waals surface area (Å²) >= 11 is 6.01. The monoisotopic (exact) mass is 292 g/mol. The average molecular weight is 293 g/mol. The summed E-state index contributed by atoms with van der Waals surface area (Å²) in [7, 11) is 1.51.